The molecule has 1 atom stereocenters. The number of para-hydroxylation sites is 1. The average Bonchev–Trinajstić information content (AvgIpc) is 3.11. The lowest BCUT2D eigenvalue weighted by Crippen LogP contribution is -2.37. The minimum atomic E-state index is -0.377. The third-order valence-electron chi connectivity index (χ3n) is 4.40. The van der Waals surface area contributed by atoms with Gasteiger partial charge in [-0.05, 0) is 42.8 Å². The van der Waals surface area contributed by atoms with Gasteiger partial charge in [0.25, 0.3) is 5.91 Å². The van der Waals surface area contributed by atoms with Crippen molar-refractivity contribution >= 4 is 33.7 Å². The molecule has 27 heavy (non-hydrogen) atoms. The molecule has 1 saturated heterocycles. The Morgan fingerprint density at radius 1 is 1.11 bits per heavy atom. The first-order valence-electron chi connectivity index (χ1n) is 8.74. The Hall–Kier alpha value is -2.86. The number of rotatable bonds is 5. The molecule has 0 aliphatic carbocycles. The fourth-order valence-electron chi connectivity index (χ4n) is 2.92. The first kappa shape index (κ1) is 17.5. The van der Waals surface area contributed by atoms with Gasteiger partial charge in [-0.15, -0.1) is 0 Å². The largest absolute Gasteiger partial charge is 0.487 e. The van der Waals surface area contributed by atoms with E-state index in [-0.39, 0.29) is 17.1 Å². The molecule has 1 amide bonds. The van der Waals surface area contributed by atoms with Crippen molar-refractivity contribution in [1.29, 1.82) is 0 Å². The summed E-state index contributed by atoms with van der Waals surface area (Å²) < 4.78 is 5.77. The van der Waals surface area contributed by atoms with Crippen LogP contribution in [0.1, 0.15) is 22.5 Å². The molecular weight excluding hydrogens is 360 g/mol. The second-order valence-electron chi connectivity index (χ2n) is 6.29. The number of hydrogen-bond acceptors (Lipinski definition) is 5. The number of ether oxygens (including phenoxy) is 1. The predicted octanol–water partition coefficient (Wildman–Crippen LogP) is 3.58. The fraction of sp³-hybridized carbons (Fsp3) is 0.190. The smallest absolute Gasteiger partial charge is 0.251 e. The van der Waals surface area contributed by atoms with Crippen molar-refractivity contribution in [2.75, 3.05) is 5.75 Å². The molecule has 3 aromatic rings. The number of fused-ring (bicyclic) bond motifs is 1. The number of hydrogen-bond donors (Lipinski definition) is 1. The Bertz CT molecular complexity index is 988. The maximum Gasteiger partial charge on any atom is 0.251 e. The summed E-state index contributed by atoms with van der Waals surface area (Å²) in [6.07, 6.45) is 0.690. The van der Waals surface area contributed by atoms with Gasteiger partial charge in [-0.3, -0.25) is 9.59 Å². The Morgan fingerprint density at radius 3 is 2.70 bits per heavy atom. The maximum absolute atomic E-state index is 12.2. The van der Waals surface area contributed by atoms with Crippen LogP contribution in [-0.4, -0.2) is 27.8 Å². The van der Waals surface area contributed by atoms with Gasteiger partial charge in [0.15, 0.2) is 0 Å². The molecule has 1 aliphatic heterocycles. The van der Waals surface area contributed by atoms with Crippen molar-refractivity contribution < 1.29 is 14.3 Å². The maximum atomic E-state index is 12.2. The van der Waals surface area contributed by atoms with Crippen LogP contribution in [0.15, 0.2) is 60.7 Å². The molecule has 2 heterocycles. The average molecular weight is 378 g/mol. The molecule has 0 unspecified atom stereocenters. The Morgan fingerprint density at radius 2 is 1.93 bits per heavy atom. The number of pyridine rings is 1. The van der Waals surface area contributed by atoms with E-state index < -0.39 is 0 Å². The highest BCUT2D eigenvalue weighted by Crippen LogP contribution is 2.20. The molecule has 6 heteroatoms. The van der Waals surface area contributed by atoms with Crippen molar-refractivity contribution in [1.82, 2.24) is 10.3 Å². The molecule has 0 bridgehead atoms. The molecule has 0 spiro atoms. The molecule has 0 saturated carbocycles. The normalized spacial score (nSPS) is 16.4. The lowest BCUT2D eigenvalue weighted by Gasteiger charge is -2.11. The van der Waals surface area contributed by atoms with E-state index in [1.807, 2.05) is 36.4 Å². The van der Waals surface area contributed by atoms with Gasteiger partial charge in [0.1, 0.15) is 12.4 Å². The van der Waals surface area contributed by atoms with E-state index >= 15 is 0 Å². The van der Waals surface area contributed by atoms with Crippen molar-refractivity contribution in [2.24, 2.45) is 0 Å². The van der Waals surface area contributed by atoms with Gasteiger partial charge >= 0.3 is 0 Å². The van der Waals surface area contributed by atoms with E-state index in [1.165, 1.54) is 11.8 Å². The molecule has 136 valence electrons. The molecule has 1 aromatic heterocycles. The molecule has 1 fully saturated rings. The number of nitrogens with one attached hydrogen (secondary N) is 1. The molecular formula is C21H18N2O3S. The zero-order chi connectivity index (χ0) is 18.6. The van der Waals surface area contributed by atoms with Gasteiger partial charge in [0.2, 0.25) is 5.12 Å². The predicted molar refractivity (Wildman–Crippen MR) is 106 cm³/mol. The topological polar surface area (TPSA) is 68.3 Å². The summed E-state index contributed by atoms with van der Waals surface area (Å²) in [5.74, 6) is 1.19. The van der Waals surface area contributed by atoms with Crippen LogP contribution < -0.4 is 10.1 Å². The van der Waals surface area contributed by atoms with E-state index in [0.29, 0.717) is 24.3 Å². The van der Waals surface area contributed by atoms with E-state index in [9.17, 15) is 9.59 Å². The van der Waals surface area contributed by atoms with Crippen LogP contribution in [0.5, 0.6) is 5.75 Å². The van der Waals surface area contributed by atoms with Crippen LogP contribution in [-0.2, 0) is 11.4 Å². The van der Waals surface area contributed by atoms with E-state index in [4.69, 9.17) is 4.74 Å². The summed E-state index contributed by atoms with van der Waals surface area (Å²) in [6.45, 7) is 0.351. The summed E-state index contributed by atoms with van der Waals surface area (Å²) in [4.78, 5) is 28.4. The molecule has 2 aromatic carbocycles. The summed E-state index contributed by atoms with van der Waals surface area (Å²) in [5, 5.41) is 3.91. The number of nitrogens with zero attached hydrogens (tertiary/aromatic N) is 1. The van der Waals surface area contributed by atoms with Crippen molar-refractivity contribution in [2.45, 2.75) is 19.1 Å². The van der Waals surface area contributed by atoms with Crippen LogP contribution in [0.4, 0.5) is 0 Å². The summed E-state index contributed by atoms with van der Waals surface area (Å²) in [6, 6.07) is 18.4. The molecule has 1 N–H and O–H groups in total. The molecule has 5 nitrogen and oxygen atoms in total. The summed E-state index contributed by atoms with van der Waals surface area (Å²) in [5.41, 5.74) is 2.29. The molecule has 0 radical (unpaired) electrons. The number of amides is 1. The van der Waals surface area contributed by atoms with Crippen LogP contribution in [0.2, 0.25) is 0 Å². The number of carbonyl (C=O) groups is 2. The van der Waals surface area contributed by atoms with Crippen LogP contribution in [0.3, 0.4) is 0 Å². The zero-order valence-electron chi connectivity index (χ0n) is 14.6. The lowest BCUT2D eigenvalue weighted by molar-refractivity contribution is -0.112. The molecule has 4 rings (SSSR count). The van der Waals surface area contributed by atoms with Crippen molar-refractivity contribution in [3.05, 3.63) is 71.9 Å². The van der Waals surface area contributed by atoms with Gasteiger partial charge < -0.3 is 10.1 Å². The van der Waals surface area contributed by atoms with E-state index in [2.05, 4.69) is 10.3 Å². The first-order chi connectivity index (χ1) is 13.2. The van der Waals surface area contributed by atoms with Crippen molar-refractivity contribution in [3.8, 4) is 5.75 Å². The lowest BCUT2D eigenvalue weighted by atomic mass is 10.1. The quantitative estimate of drug-likeness (QED) is 0.735. The van der Waals surface area contributed by atoms with Gasteiger partial charge in [-0.1, -0.05) is 36.0 Å². The second kappa shape index (κ2) is 7.80. The zero-order valence-corrected chi connectivity index (χ0v) is 15.4. The Balaban J connectivity index is 1.37. The monoisotopic (exact) mass is 378 g/mol. The third kappa shape index (κ3) is 4.11. The molecule has 1 aliphatic rings. The van der Waals surface area contributed by atoms with Gasteiger partial charge in [0.05, 0.1) is 17.3 Å². The highest BCUT2D eigenvalue weighted by atomic mass is 32.2. The number of aromatic nitrogens is 1. The first-order valence-corrected chi connectivity index (χ1v) is 9.73. The van der Waals surface area contributed by atoms with Gasteiger partial charge in [0, 0.05) is 16.7 Å². The third-order valence-corrected chi connectivity index (χ3v) is 5.41. The highest BCUT2D eigenvalue weighted by Gasteiger charge is 2.26. The van der Waals surface area contributed by atoms with Gasteiger partial charge in [-0.25, -0.2) is 4.98 Å². The number of carbonyl (C=O) groups excluding carboxylic acids is 2. The number of benzene rings is 2. The van der Waals surface area contributed by atoms with Crippen LogP contribution >= 0.6 is 11.8 Å². The Labute approximate surface area is 161 Å². The summed E-state index contributed by atoms with van der Waals surface area (Å²) in [7, 11) is 0. The van der Waals surface area contributed by atoms with Crippen LogP contribution in [0, 0.1) is 0 Å². The van der Waals surface area contributed by atoms with E-state index in [0.717, 1.165) is 22.3 Å². The number of thioether (sulfide) groups is 1. The SMILES string of the molecule is O=C(N[C@H]1CCSC1=O)c1ccc(OCc2ccc3ccccc3n2)cc1. The fourth-order valence-corrected chi connectivity index (χ4v) is 3.85. The highest BCUT2D eigenvalue weighted by molar-refractivity contribution is 8.14. The van der Waals surface area contributed by atoms with Crippen LogP contribution in [0.25, 0.3) is 10.9 Å². The minimum Gasteiger partial charge on any atom is -0.487 e. The second-order valence-corrected chi connectivity index (χ2v) is 7.39. The Kier molecular flexibility index (Phi) is 5.07. The minimum absolute atomic E-state index is 0.0335. The standard InChI is InChI=1S/C21H18N2O3S/c24-20(23-19-11-12-27-21(19)25)15-6-9-17(10-7-15)26-13-16-8-5-14-3-1-2-4-18(14)22-16/h1-10,19H,11-13H2,(H,23,24)/t19-/m0/s1. The van der Waals surface area contributed by atoms with Gasteiger partial charge in [-0.2, -0.15) is 0 Å². The van der Waals surface area contributed by atoms with Crippen molar-refractivity contribution in [3.63, 3.8) is 0 Å². The van der Waals surface area contributed by atoms with E-state index in [1.54, 1.807) is 24.3 Å². The summed E-state index contributed by atoms with van der Waals surface area (Å²) >= 11 is 1.27.